The molecule has 0 heterocycles. The molecule has 1 rings (SSSR count). The smallest absolute Gasteiger partial charge is 0.203 e. The van der Waals surface area contributed by atoms with Gasteiger partial charge in [-0.2, -0.15) is 0 Å². The van der Waals surface area contributed by atoms with E-state index in [-0.39, 0.29) is 6.10 Å². The molecule has 5 heteroatoms. The summed E-state index contributed by atoms with van der Waals surface area (Å²) in [5, 5.41) is 9.16. The summed E-state index contributed by atoms with van der Waals surface area (Å²) in [5.41, 5.74) is 0. The maximum atomic E-state index is 9.16. The normalized spacial score (nSPS) is 11.8. The number of rotatable bonds is 7. The van der Waals surface area contributed by atoms with Gasteiger partial charge in [0.2, 0.25) is 5.75 Å². The molecule has 1 aromatic rings. The fourth-order valence-corrected chi connectivity index (χ4v) is 1.49. The highest BCUT2D eigenvalue weighted by atomic mass is 16.5. The van der Waals surface area contributed by atoms with Gasteiger partial charge in [-0.15, -0.1) is 0 Å². The van der Waals surface area contributed by atoms with Crippen LogP contribution in [-0.4, -0.2) is 39.1 Å². The second-order valence-electron chi connectivity index (χ2n) is 3.85. The zero-order chi connectivity index (χ0) is 13.5. The van der Waals surface area contributed by atoms with Gasteiger partial charge >= 0.3 is 0 Å². The van der Waals surface area contributed by atoms with Crippen LogP contribution in [0.25, 0.3) is 0 Å². The molecule has 1 unspecified atom stereocenters. The van der Waals surface area contributed by atoms with Crippen molar-refractivity contribution in [3.05, 3.63) is 12.1 Å². The number of aliphatic hydroxyl groups is 1. The molecule has 0 bridgehead atoms. The number of hydrogen-bond acceptors (Lipinski definition) is 5. The van der Waals surface area contributed by atoms with Gasteiger partial charge in [0.05, 0.1) is 34.0 Å². The predicted molar refractivity (Wildman–Crippen MR) is 67.9 cm³/mol. The number of benzene rings is 1. The Morgan fingerprint density at radius 3 is 2.00 bits per heavy atom. The molecule has 0 aliphatic carbocycles. The van der Waals surface area contributed by atoms with E-state index in [1.54, 1.807) is 40.4 Å². The Morgan fingerprint density at radius 2 is 1.61 bits per heavy atom. The van der Waals surface area contributed by atoms with Crippen molar-refractivity contribution in [3.8, 4) is 23.0 Å². The number of methoxy groups -OCH3 is 3. The van der Waals surface area contributed by atoms with Gasteiger partial charge in [0, 0.05) is 18.6 Å². The Labute approximate surface area is 107 Å². The van der Waals surface area contributed by atoms with Crippen LogP contribution in [0.1, 0.15) is 13.3 Å². The highest BCUT2D eigenvalue weighted by Crippen LogP contribution is 2.40. The molecule has 5 nitrogen and oxygen atoms in total. The summed E-state index contributed by atoms with van der Waals surface area (Å²) in [6.07, 6.45) is 0.184. The van der Waals surface area contributed by atoms with Gasteiger partial charge in [-0.25, -0.2) is 0 Å². The van der Waals surface area contributed by atoms with Crippen LogP contribution in [0.5, 0.6) is 23.0 Å². The summed E-state index contributed by atoms with van der Waals surface area (Å²) in [7, 11) is 4.65. The van der Waals surface area contributed by atoms with E-state index in [2.05, 4.69) is 0 Å². The van der Waals surface area contributed by atoms with Gasteiger partial charge in [0.15, 0.2) is 11.5 Å². The molecule has 0 spiro atoms. The summed E-state index contributed by atoms with van der Waals surface area (Å²) in [6.45, 7) is 2.15. The Morgan fingerprint density at radius 1 is 1.06 bits per heavy atom. The molecule has 102 valence electrons. The first kappa shape index (κ1) is 14.4. The van der Waals surface area contributed by atoms with E-state index in [0.29, 0.717) is 36.0 Å². The Balaban J connectivity index is 2.86. The van der Waals surface area contributed by atoms with E-state index in [1.165, 1.54) is 0 Å². The first-order valence-electron chi connectivity index (χ1n) is 5.73. The molecule has 0 aliphatic rings. The molecule has 0 saturated heterocycles. The Bertz CT molecular complexity index is 351. The summed E-state index contributed by atoms with van der Waals surface area (Å²) < 4.78 is 21.2. The molecule has 0 fully saturated rings. The quantitative estimate of drug-likeness (QED) is 0.807. The molecular weight excluding hydrogens is 236 g/mol. The van der Waals surface area contributed by atoms with Gasteiger partial charge in [0.1, 0.15) is 5.75 Å². The minimum absolute atomic E-state index is 0.382. The van der Waals surface area contributed by atoms with E-state index in [0.717, 1.165) is 0 Å². The second-order valence-corrected chi connectivity index (χ2v) is 3.85. The van der Waals surface area contributed by atoms with E-state index < -0.39 is 0 Å². The van der Waals surface area contributed by atoms with Crippen molar-refractivity contribution in [3.63, 3.8) is 0 Å². The van der Waals surface area contributed by atoms with Crippen LogP contribution in [-0.2, 0) is 0 Å². The van der Waals surface area contributed by atoms with Crippen molar-refractivity contribution in [1.29, 1.82) is 0 Å². The number of aliphatic hydroxyl groups excluding tert-OH is 1. The largest absolute Gasteiger partial charge is 0.493 e. The van der Waals surface area contributed by atoms with Crippen molar-refractivity contribution >= 4 is 0 Å². The second kappa shape index (κ2) is 6.96. The van der Waals surface area contributed by atoms with Gasteiger partial charge < -0.3 is 24.1 Å². The molecule has 0 aromatic heterocycles. The van der Waals surface area contributed by atoms with E-state index in [4.69, 9.17) is 24.1 Å². The maximum absolute atomic E-state index is 9.16. The molecule has 18 heavy (non-hydrogen) atoms. The van der Waals surface area contributed by atoms with Crippen molar-refractivity contribution in [1.82, 2.24) is 0 Å². The Kier molecular flexibility index (Phi) is 5.58. The summed E-state index contributed by atoms with van der Waals surface area (Å²) >= 11 is 0. The van der Waals surface area contributed by atoms with E-state index >= 15 is 0 Å². The molecule has 1 aromatic carbocycles. The standard InChI is InChI=1S/C13H20O5/c1-9(14)5-6-18-10-7-11(15-2)13(17-4)12(8-10)16-3/h7-9,14H,5-6H2,1-4H3. The fourth-order valence-electron chi connectivity index (χ4n) is 1.49. The molecule has 0 aliphatic heterocycles. The molecule has 0 saturated carbocycles. The van der Waals surface area contributed by atoms with Crippen molar-refractivity contribution in [2.75, 3.05) is 27.9 Å². The molecule has 1 N–H and O–H groups in total. The molecule has 1 atom stereocenters. The van der Waals surface area contributed by atoms with E-state index in [1.807, 2.05) is 0 Å². The van der Waals surface area contributed by atoms with Crippen molar-refractivity contribution < 1.29 is 24.1 Å². The third-order valence-corrected chi connectivity index (χ3v) is 2.44. The average Bonchev–Trinajstić information content (AvgIpc) is 2.36. The predicted octanol–water partition coefficient (Wildman–Crippen LogP) is 1.86. The van der Waals surface area contributed by atoms with Gasteiger partial charge in [0.25, 0.3) is 0 Å². The Hall–Kier alpha value is -1.62. The third kappa shape index (κ3) is 3.70. The first-order valence-corrected chi connectivity index (χ1v) is 5.73. The summed E-state index contributed by atoms with van der Waals surface area (Å²) in [5.74, 6) is 2.24. The van der Waals surface area contributed by atoms with Gasteiger partial charge in [-0.3, -0.25) is 0 Å². The van der Waals surface area contributed by atoms with Crippen LogP contribution in [0.15, 0.2) is 12.1 Å². The minimum atomic E-state index is -0.382. The lowest BCUT2D eigenvalue weighted by molar-refractivity contribution is 0.155. The zero-order valence-corrected chi connectivity index (χ0v) is 11.2. The topological polar surface area (TPSA) is 57.2 Å². The zero-order valence-electron chi connectivity index (χ0n) is 11.2. The van der Waals surface area contributed by atoms with Crippen LogP contribution in [0.2, 0.25) is 0 Å². The fraction of sp³-hybridized carbons (Fsp3) is 0.538. The first-order chi connectivity index (χ1) is 8.62. The molecule has 0 radical (unpaired) electrons. The highest BCUT2D eigenvalue weighted by Gasteiger charge is 2.13. The maximum Gasteiger partial charge on any atom is 0.203 e. The highest BCUT2D eigenvalue weighted by molar-refractivity contribution is 5.55. The van der Waals surface area contributed by atoms with E-state index in [9.17, 15) is 0 Å². The number of ether oxygens (including phenoxy) is 4. The van der Waals surface area contributed by atoms with Crippen LogP contribution in [0, 0.1) is 0 Å². The monoisotopic (exact) mass is 256 g/mol. The molecular formula is C13H20O5. The average molecular weight is 256 g/mol. The molecule has 0 amide bonds. The van der Waals surface area contributed by atoms with Gasteiger partial charge in [-0.1, -0.05) is 0 Å². The third-order valence-electron chi connectivity index (χ3n) is 2.44. The number of hydrogen-bond donors (Lipinski definition) is 1. The minimum Gasteiger partial charge on any atom is -0.493 e. The lowest BCUT2D eigenvalue weighted by Crippen LogP contribution is -2.07. The lowest BCUT2D eigenvalue weighted by Gasteiger charge is -2.15. The van der Waals surface area contributed by atoms with Crippen LogP contribution in [0.3, 0.4) is 0 Å². The summed E-state index contributed by atoms with van der Waals surface area (Å²) in [6, 6.07) is 3.45. The summed E-state index contributed by atoms with van der Waals surface area (Å²) in [4.78, 5) is 0. The van der Waals surface area contributed by atoms with Crippen molar-refractivity contribution in [2.24, 2.45) is 0 Å². The van der Waals surface area contributed by atoms with Crippen LogP contribution < -0.4 is 18.9 Å². The van der Waals surface area contributed by atoms with Crippen LogP contribution in [0.4, 0.5) is 0 Å². The van der Waals surface area contributed by atoms with Crippen molar-refractivity contribution in [2.45, 2.75) is 19.4 Å². The SMILES string of the molecule is COc1cc(OCCC(C)O)cc(OC)c1OC. The van der Waals surface area contributed by atoms with Gasteiger partial charge in [-0.05, 0) is 6.92 Å². The lowest BCUT2D eigenvalue weighted by atomic mass is 10.2. The van der Waals surface area contributed by atoms with Crippen LogP contribution >= 0.6 is 0 Å².